The van der Waals surface area contributed by atoms with Crippen molar-refractivity contribution in [3.8, 4) is 0 Å². The number of pyridine rings is 1. The third-order valence-corrected chi connectivity index (χ3v) is 8.21. The van der Waals surface area contributed by atoms with E-state index < -0.39 is 15.9 Å². The van der Waals surface area contributed by atoms with Crippen LogP contribution in [-0.2, 0) is 16.4 Å². The zero-order valence-corrected chi connectivity index (χ0v) is 19.7. The molecule has 1 saturated heterocycles. The van der Waals surface area contributed by atoms with Crippen molar-refractivity contribution in [2.75, 3.05) is 12.3 Å². The van der Waals surface area contributed by atoms with Crippen LogP contribution in [-0.4, -0.2) is 51.5 Å². The van der Waals surface area contributed by atoms with Gasteiger partial charge < -0.3 is 9.47 Å². The molecule has 4 aromatic rings. The van der Waals surface area contributed by atoms with Gasteiger partial charge in [0.25, 0.3) is 11.5 Å². The summed E-state index contributed by atoms with van der Waals surface area (Å²) in [5.41, 5.74) is 1.15. The van der Waals surface area contributed by atoms with E-state index >= 15 is 0 Å². The molecule has 9 heteroatoms. The van der Waals surface area contributed by atoms with Crippen LogP contribution >= 0.6 is 0 Å². The van der Waals surface area contributed by atoms with Gasteiger partial charge >= 0.3 is 0 Å². The Bertz CT molecular complexity index is 1540. The fraction of sp³-hybridized carbons (Fsp3) is 0.320. The average Bonchev–Trinajstić information content (AvgIpc) is 3.44. The van der Waals surface area contributed by atoms with Gasteiger partial charge in [0.15, 0.2) is 9.84 Å². The highest BCUT2D eigenvalue weighted by atomic mass is 32.2. The maximum absolute atomic E-state index is 13.7. The van der Waals surface area contributed by atoms with Gasteiger partial charge in [0.1, 0.15) is 17.0 Å². The monoisotopic (exact) mass is 478 g/mol. The zero-order valence-electron chi connectivity index (χ0n) is 18.9. The third-order valence-electron chi connectivity index (χ3n) is 6.39. The normalized spacial score (nSPS) is 16.5. The lowest BCUT2D eigenvalue weighted by atomic mass is 10.2. The molecule has 1 amide bonds. The van der Waals surface area contributed by atoms with Crippen molar-refractivity contribution in [3.05, 3.63) is 76.8 Å². The van der Waals surface area contributed by atoms with Crippen LogP contribution in [0, 0.1) is 0 Å². The Morgan fingerprint density at radius 1 is 1.12 bits per heavy atom. The number of benzene rings is 1. The molecule has 5 rings (SSSR count). The molecule has 4 heterocycles. The highest BCUT2D eigenvalue weighted by Gasteiger charge is 2.35. The molecular formula is C25H26N4O4S. The van der Waals surface area contributed by atoms with Gasteiger partial charge in [-0.25, -0.2) is 13.4 Å². The van der Waals surface area contributed by atoms with Gasteiger partial charge in [0.05, 0.1) is 16.0 Å². The SMILES string of the molecule is CCCn1c(C(=O)N2CCCC2CS(=O)(=O)c2ccccc2)cc2c(=O)n3ccccc3nc21. The third kappa shape index (κ3) is 3.79. The highest BCUT2D eigenvalue weighted by molar-refractivity contribution is 7.91. The van der Waals surface area contributed by atoms with Crippen LogP contribution in [0.2, 0.25) is 0 Å². The second-order valence-electron chi connectivity index (χ2n) is 8.65. The molecule has 1 atom stereocenters. The lowest BCUT2D eigenvalue weighted by Crippen LogP contribution is -2.40. The summed E-state index contributed by atoms with van der Waals surface area (Å²) in [4.78, 5) is 33.4. The standard InChI is InChI=1S/C25H26N4O4S/c1-2-13-28-21(16-20-23(28)26-22-12-6-7-14-29(22)24(20)30)25(31)27-15-8-9-18(27)17-34(32,33)19-10-4-3-5-11-19/h3-7,10-12,14,16,18H,2,8-9,13,15,17H2,1H3. The van der Waals surface area contributed by atoms with Gasteiger partial charge in [-0.05, 0) is 49.6 Å². The predicted octanol–water partition coefficient (Wildman–Crippen LogP) is 3.14. The van der Waals surface area contributed by atoms with Crippen molar-refractivity contribution in [2.45, 2.75) is 43.7 Å². The number of amides is 1. The van der Waals surface area contributed by atoms with Crippen molar-refractivity contribution in [3.63, 3.8) is 0 Å². The lowest BCUT2D eigenvalue weighted by molar-refractivity contribution is 0.0738. The van der Waals surface area contributed by atoms with Gasteiger partial charge in [0, 0.05) is 25.3 Å². The van der Waals surface area contributed by atoms with E-state index in [0.29, 0.717) is 41.9 Å². The summed E-state index contributed by atoms with van der Waals surface area (Å²) in [6.45, 7) is 3.01. The van der Waals surface area contributed by atoms with Crippen molar-refractivity contribution in [2.24, 2.45) is 0 Å². The maximum Gasteiger partial charge on any atom is 0.270 e. The topological polar surface area (TPSA) is 93.8 Å². The number of rotatable bonds is 6. The molecule has 0 N–H and O–H groups in total. The maximum atomic E-state index is 13.7. The Kier molecular flexibility index (Phi) is 5.73. The minimum Gasteiger partial charge on any atom is -0.333 e. The molecule has 1 aliphatic rings. The summed E-state index contributed by atoms with van der Waals surface area (Å²) in [6, 6.07) is 14.9. The van der Waals surface area contributed by atoms with E-state index in [1.54, 1.807) is 64.2 Å². The first-order valence-electron chi connectivity index (χ1n) is 11.5. The van der Waals surface area contributed by atoms with Crippen LogP contribution in [0.25, 0.3) is 16.7 Å². The van der Waals surface area contributed by atoms with Gasteiger partial charge in [-0.15, -0.1) is 0 Å². The van der Waals surface area contributed by atoms with Crippen LogP contribution in [0.15, 0.2) is 70.5 Å². The van der Waals surface area contributed by atoms with Gasteiger partial charge in [-0.1, -0.05) is 31.2 Å². The summed E-state index contributed by atoms with van der Waals surface area (Å²) < 4.78 is 29.2. The summed E-state index contributed by atoms with van der Waals surface area (Å²) in [5.74, 6) is -0.382. The number of sulfone groups is 1. The predicted molar refractivity (Wildman–Crippen MR) is 130 cm³/mol. The number of aromatic nitrogens is 3. The average molecular weight is 479 g/mol. The van der Waals surface area contributed by atoms with E-state index in [1.165, 1.54) is 4.40 Å². The molecule has 0 radical (unpaired) electrons. The number of fused-ring (bicyclic) bond motifs is 2. The van der Waals surface area contributed by atoms with Crippen LogP contribution in [0.5, 0.6) is 0 Å². The van der Waals surface area contributed by atoms with E-state index in [-0.39, 0.29) is 22.1 Å². The van der Waals surface area contributed by atoms with E-state index in [9.17, 15) is 18.0 Å². The number of aryl methyl sites for hydroxylation is 1. The second kappa shape index (κ2) is 8.72. The van der Waals surface area contributed by atoms with E-state index in [4.69, 9.17) is 0 Å². The molecule has 1 aromatic carbocycles. The molecule has 176 valence electrons. The van der Waals surface area contributed by atoms with E-state index in [2.05, 4.69) is 4.98 Å². The Morgan fingerprint density at radius 3 is 2.65 bits per heavy atom. The zero-order chi connectivity index (χ0) is 23.9. The first kappa shape index (κ1) is 22.3. The molecule has 1 aliphatic heterocycles. The van der Waals surface area contributed by atoms with Gasteiger partial charge in [0.2, 0.25) is 0 Å². The summed E-state index contributed by atoms with van der Waals surface area (Å²) >= 11 is 0. The fourth-order valence-electron chi connectivity index (χ4n) is 4.78. The van der Waals surface area contributed by atoms with Crippen LogP contribution < -0.4 is 5.56 Å². The molecule has 1 fully saturated rings. The van der Waals surface area contributed by atoms with Crippen molar-refractivity contribution in [1.82, 2.24) is 18.9 Å². The lowest BCUT2D eigenvalue weighted by Gasteiger charge is -2.25. The first-order chi connectivity index (χ1) is 16.4. The molecule has 8 nitrogen and oxygen atoms in total. The van der Waals surface area contributed by atoms with E-state index in [1.807, 2.05) is 13.0 Å². The number of hydrogen-bond donors (Lipinski definition) is 0. The number of likely N-dealkylation sites (tertiary alicyclic amines) is 1. The van der Waals surface area contributed by atoms with Crippen LogP contribution in [0.4, 0.5) is 0 Å². The molecule has 0 spiro atoms. The molecular weight excluding hydrogens is 452 g/mol. The van der Waals surface area contributed by atoms with E-state index in [0.717, 1.165) is 12.8 Å². The number of carbonyl (C=O) groups is 1. The fourth-order valence-corrected chi connectivity index (χ4v) is 6.40. The first-order valence-corrected chi connectivity index (χ1v) is 13.2. The highest BCUT2D eigenvalue weighted by Crippen LogP contribution is 2.26. The molecule has 0 aliphatic carbocycles. The summed E-state index contributed by atoms with van der Waals surface area (Å²) in [6.07, 6.45) is 3.77. The Labute approximate surface area is 197 Å². The minimum absolute atomic E-state index is 0.123. The number of carbonyl (C=O) groups excluding carboxylic acids is 1. The smallest absolute Gasteiger partial charge is 0.270 e. The Morgan fingerprint density at radius 2 is 1.88 bits per heavy atom. The van der Waals surface area contributed by atoms with Crippen molar-refractivity contribution < 1.29 is 13.2 Å². The number of hydrogen-bond acceptors (Lipinski definition) is 5. The Hall–Kier alpha value is -3.46. The minimum atomic E-state index is -3.54. The summed E-state index contributed by atoms with van der Waals surface area (Å²) in [7, 11) is -3.54. The quantitative estimate of drug-likeness (QED) is 0.424. The van der Waals surface area contributed by atoms with Crippen molar-refractivity contribution in [1.29, 1.82) is 0 Å². The molecule has 0 saturated carbocycles. The molecule has 3 aromatic heterocycles. The number of nitrogens with zero attached hydrogens (tertiary/aromatic N) is 4. The molecule has 0 bridgehead atoms. The van der Waals surface area contributed by atoms with Crippen molar-refractivity contribution >= 4 is 32.4 Å². The second-order valence-corrected chi connectivity index (χ2v) is 10.7. The summed E-state index contributed by atoms with van der Waals surface area (Å²) in [5, 5.41) is 0.383. The van der Waals surface area contributed by atoms with Crippen LogP contribution in [0.1, 0.15) is 36.7 Å². The van der Waals surface area contributed by atoms with Crippen LogP contribution in [0.3, 0.4) is 0 Å². The van der Waals surface area contributed by atoms with Gasteiger partial charge in [-0.3, -0.25) is 14.0 Å². The molecule has 34 heavy (non-hydrogen) atoms. The molecule has 1 unspecified atom stereocenters. The van der Waals surface area contributed by atoms with Gasteiger partial charge in [-0.2, -0.15) is 0 Å². The Balaban J connectivity index is 1.54. The largest absolute Gasteiger partial charge is 0.333 e.